The number of Topliss-reactive ketones (excluding diaryl/α,β-unsaturated/α-hetero) is 1. The molecule has 3 rings (SSSR count). The fourth-order valence-electron chi connectivity index (χ4n) is 3.90. The lowest BCUT2D eigenvalue weighted by molar-refractivity contribution is -0.121. The molecule has 2 aromatic carbocycles. The van der Waals surface area contributed by atoms with Crippen molar-refractivity contribution >= 4 is 23.4 Å². The highest BCUT2D eigenvalue weighted by molar-refractivity contribution is 6.01. The minimum Gasteiger partial charge on any atom is -0.380 e. The zero-order valence-electron chi connectivity index (χ0n) is 23.4. The second-order valence-corrected chi connectivity index (χ2v) is 11.4. The number of halogens is 5. The number of amidine groups is 2. The van der Waals surface area contributed by atoms with Crippen molar-refractivity contribution in [3.05, 3.63) is 70.0 Å². The summed E-state index contributed by atoms with van der Waals surface area (Å²) in [7, 11) is 0. The standard InChI is InChI=1S/C28H32F5N5O3/c1-15-35-37-26(38-36-15)17-8-6-16(7-9-17)10-19(40)34-12-28(4,5)14-41-13-27(2,3)11-18(39)20-21(29)23(31)25(33)24(32)22(20)30/h6-9H,10-14H2,1-5H3,(H,34,40)(H,35,36)(H,37,38). The summed E-state index contributed by atoms with van der Waals surface area (Å²) in [6.45, 7) is 9.00. The Morgan fingerprint density at radius 3 is 1.95 bits per heavy atom. The largest absolute Gasteiger partial charge is 0.380 e. The summed E-state index contributed by atoms with van der Waals surface area (Å²) in [4.78, 5) is 25.0. The third-order valence-electron chi connectivity index (χ3n) is 6.13. The van der Waals surface area contributed by atoms with Gasteiger partial charge in [-0.15, -0.1) is 0 Å². The van der Waals surface area contributed by atoms with E-state index in [0.29, 0.717) is 11.7 Å². The normalized spacial score (nSPS) is 13.6. The first-order valence-electron chi connectivity index (χ1n) is 12.7. The number of ketones is 1. The molecule has 41 heavy (non-hydrogen) atoms. The number of nitrogens with one attached hydrogen (secondary N) is 3. The Morgan fingerprint density at radius 2 is 1.39 bits per heavy atom. The van der Waals surface area contributed by atoms with E-state index in [0.717, 1.165) is 11.1 Å². The lowest BCUT2D eigenvalue weighted by atomic mass is 9.86. The van der Waals surface area contributed by atoms with Crippen molar-refractivity contribution in [2.24, 2.45) is 21.0 Å². The monoisotopic (exact) mass is 581 g/mol. The van der Waals surface area contributed by atoms with Gasteiger partial charge in [-0.05, 0) is 17.9 Å². The zero-order chi connectivity index (χ0) is 30.5. The van der Waals surface area contributed by atoms with Crippen LogP contribution in [0.2, 0.25) is 0 Å². The van der Waals surface area contributed by atoms with Crippen LogP contribution in [0.5, 0.6) is 0 Å². The molecular formula is C28H32F5N5O3. The second-order valence-electron chi connectivity index (χ2n) is 11.4. The van der Waals surface area contributed by atoms with Gasteiger partial charge in [-0.2, -0.15) is 10.2 Å². The van der Waals surface area contributed by atoms with E-state index < -0.39 is 57.7 Å². The molecule has 0 fully saturated rings. The van der Waals surface area contributed by atoms with Crippen molar-refractivity contribution < 1.29 is 36.3 Å². The van der Waals surface area contributed by atoms with Gasteiger partial charge in [0.1, 0.15) is 5.84 Å². The second kappa shape index (κ2) is 12.8. The highest BCUT2D eigenvalue weighted by atomic mass is 19.2. The Kier molecular flexibility index (Phi) is 9.85. The SMILES string of the molecule is CC1=NNC(c2ccc(CC(=O)NCC(C)(C)COCC(C)(C)CC(=O)c3c(F)c(F)c(F)c(F)c3F)cc2)=NN1. The van der Waals surface area contributed by atoms with Crippen molar-refractivity contribution in [2.75, 3.05) is 19.8 Å². The minimum absolute atomic E-state index is 0.0432. The number of carbonyl (C=O) groups is 2. The number of carbonyl (C=O) groups excluding carboxylic acids is 2. The van der Waals surface area contributed by atoms with Crippen LogP contribution in [0.25, 0.3) is 0 Å². The summed E-state index contributed by atoms with van der Waals surface area (Å²) >= 11 is 0. The molecule has 1 amide bonds. The maximum Gasteiger partial charge on any atom is 0.224 e. The van der Waals surface area contributed by atoms with Gasteiger partial charge in [0, 0.05) is 23.9 Å². The highest BCUT2D eigenvalue weighted by Crippen LogP contribution is 2.29. The van der Waals surface area contributed by atoms with Gasteiger partial charge in [0.05, 0.1) is 25.2 Å². The van der Waals surface area contributed by atoms with Crippen LogP contribution in [0.4, 0.5) is 22.0 Å². The molecule has 0 aromatic heterocycles. The number of rotatable bonds is 12. The first kappa shape index (κ1) is 31.7. The molecule has 3 N–H and O–H groups in total. The fourth-order valence-corrected chi connectivity index (χ4v) is 3.90. The van der Waals surface area contributed by atoms with Gasteiger partial charge in [-0.1, -0.05) is 52.0 Å². The topological polar surface area (TPSA) is 104 Å². The predicted molar refractivity (Wildman–Crippen MR) is 143 cm³/mol. The molecule has 2 aromatic rings. The molecule has 1 aliphatic heterocycles. The van der Waals surface area contributed by atoms with Gasteiger partial charge in [-0.3, -0.25) is 20.4 Å². The van der Waals surface area contributed by atoms with Crippen molar-refractivity contribution in [2.45, 2.75) is 47.5 Å². The molecule has 0 radical (unpaired) electrons. The van der Waals surface area contributed by atoms with Crippen LogP contribution < -0.4 is 16.2 Å². The molecule has 0 bridgehead atoms. The van der Waals surface area contributed by atoms with Gasteiger partial charge in [0.2, 0.25) is 11.7 Å². The Bertz CT molecular complexity index is 1350. The van der Waals surface area contributed by atoms with E-state index in [-0.39, 0.29) is 32.1 Å². The van der Waals surface area contributed by atoms with Crippen LogP contribution >= 0.6 is 0 Å². The number of hydrogen-bond donors (Lipinski definition) is 3. The molecule has 13 heteroatoms. The summed E-state index contributed by atoms with van der Waals surface area (Å²) < 4.78 is 74.0. The number of nitrogens with zero attached hydrogens (tertiary/aromatic N) is 2. The summed E-state index contributed by atoms with van der Waals surface area (Å²) in [5, 5.41) is 11.1. The third-order valence-corrected chi connectivity index (χ3v) is 6.13. The smallest absolute Gasteiger partial charge is 0.224 e. The Balaban J connectivity index is 1.46. The summed E-state index contributed by atoms with van der Waals surface area (Å²) in [6, 6.07) is 7.27. The molecule has 8 nitrogen and oxygen atoms in total. The lowest BCUT2D eigenvalue weighted by Crippen LogP contribution is -2.38. The van der Waals surface area contributed by atoms with Crippen LogP contribution in [0.1, 0.15) is 62.5 Å². The average Bonchev–Trinajstić information content (AvgIpc) is 2.90. The number of hydrogen-bond acceptors (Lipinski definition) is 7. The maximum atomic E-state index is 14.0. The summed E-state index contributed by atoms with van der Waals surface area (Å²) in [6.07, 6.45) is -0.368. The average molecular weight is 582 g/mol. The molecule has 222 valence electrons. The van der Waals surface area contributed by atoms with Crippen molar-refractivity contribution in [3.63, 3.8) is 0 Å². The number of ether oxygens (including phenoxy) is 1. The Labute approximate surface area is 234 Å². The Hall–Kier alpha value is -3.87. The van der Waals surface area contributed by atoms with E-state index in [1.165, 1.54) is 0 Å². The van der Waals surface area contributed by atoms with Crippen LogP contribution in [0.3, 0.4) is 0 Å². The molecule has 0 spiro atoms. The first-order valence-corrected chi connectivity index (χ1v) is 12.7. The van der Waals surface area contributed by atoms with Crippen molar-refractivity contribution in [3.8, 4) is 0 Å². The number of benzene rings is 2. The summed E-state index contributed by atoms with van der Waals surface area (Å²) in [5.74, 6) is -11.2. The molecule has 1 heterocycles. The van der Waals surface area contributed by atoms with Gasteiger partial charge in [0.15, 0.2) is 34.9 Å². The van der Waals surface area contributed by atoms with E-state index in [9.17, 15) is 31.5 Å². The predicted octanol–water partition coefficient (Wildman–Crippen LogP) is 4.57. The quantitative estimate of drug-likeness (QED) is 0.148. The van der Waals surface area contributed by atoms with Crippen LogP contribution in [0, 0.1) is 39.9 Å². The molecule has 0 aliphatic carbocycles. The molecular weight excluding hydrogens is 549 g/mol. The highest BCUT2D eigenvalue weighted by Gasteiger charge is 2.33. The molecule has 1 aliphatic rings. The van der Waals surface area contributed by atoms with E-state index in [2.05, 4.69) is 26.4 Å². The first-order chi connectivity index (χ1) is 19.1. The summed E-state index contributed by atoms with van der Waals surface area (Å²) in [5.41, 5.74) is 4.24. The Morgan fingerprint density at radius 1 is 0.829 bits per heavy atom. The third kappa shape index (κ3) is 8.32. The van der Waals surface area contributed by atoms with E-state index >= 15 is 0 Å². The molecule has 0 atom stereocenters. The number of hydrazone groups is 2. The van der Waals surface area contributed by atoms with Gasteiger partial charge in [-0.25, -0.2) is 22.0 Å². The van der Waals surface area contributed by atoms with Crippen LogP contribution in [0.15, 0.2) is 34.5 Å². The van der Waals surface area contributed by atoms with Crippen LogP contribution in [-0.4, -0.2) is 43.1 Å². The van der Waals surface area contributed by atoms with Crippen molar-refractivity contribution in [1.82, 2.24) is 16.2 Å². The molecule has 0 saturated carbocycles. The van der Waals surface area contributed by atoms with Crippen molar-refractivity contribution in [1.29, 1.82) is 0 Å². The van der Waals surface area contributed by atoms with E-state index in [1.54, 1.807) is 20.8 Å². The maximum absolute atomic E-state index is 14.0. The number of amides is 1. The fraction of sp³-hybridized carbons (Fsp3) is 0.429. The lowest BCUT2D eigenvalue weighted by Gasteiger charge is -2.29. The van der Waals surface area contributed by atoms with E-state index in [4.69, 9.17) is 4.74 Å². The van der Waals surface area contributed by atoms with Gasteiger partial charge in [0.25, 0.3) is 0 Å². The minimum atomic E-state index is -2.32. The van der Waals surface area contributed by atoms with E-state index in [1.807, 2.05) is 38.1 Å². The molecule has 0 unspecified atom stereocenters. The van der Waals surface area contributed by atoms with Gasteiger partial charge < -0.3 is 10.1 Å². The molecule has 0 saturated heterocycles. The van der Waals surface area contributed by atoms with Gasteiger partial charge >= 0.3 is 0 Å². The zero-order valence-corrected chi connectivity index (χ0v) is 23.4. The van der Waals surface area contributed by atoms with Crippen LogP contribution in [-0.2, 0) is 16.0 Å².